The maximum atomic E-state index is 12.0. The Labute approximate surface area is 91.3 Å². The van der Waals surface area contributed by atoms with E-state index in [-0.39, 0.29) is 11.9 Å². The first-order valence-corrected chi connectivity index (χ1v) is 5.52. The van der Waals surface area contributed by atoms with E-state index in [2.05, 4.69) is 6.92 Å². The summed E-state index contributed by atoms with van der Waals surface area (Å²) in [6, 6.07) is 3.52. The van der Waals surface area contributed by atoms with Gasteiger partial charge in [0.2, 0.25) is 5.91 Å². The lowest BCUT2D eigenvalue weighted by Crippen LogP contribution is -2.35. The molecule has 0 amide bonds. The van der Waals surface area contributed by atoms with Crippen LogP contribution in [0.2, 0.25) is 0 Å². The minimum absolute atomic E-state index is 0.0171. The molecule has 0 bridgehead atoms. The molecular weight excluding hydrogens is 188 g/mol. The number of aryl methyl sites for hydroxylation is 2. The molecule has 0 unspecified atom stereocenters. The van der Waals surface area contributed by atoms with Crippen molar-refractivity contribution in [2.24, 2.45) is 5.73 Å². The van der Waals surface area contributed by atoms with E-state index in [1.807, 2.05) is 26.0 Å². The SMILES string of the molecule is CCCC[C@H](N)C(=O)n1c(C)ccc1C. The van der Waals surface area contributed by atoms with Crippen molar-refractivity contribution in [2.45, 2.75) is 46.1 Å². The van der Waals surface area contributed by atoms with Gasteiger partial charge in [0.25, 0.3) is 0 Å². The summed E-state index contributed by atoms with van der Waals surface area (Å²) in [6.07, 6.45) is 2.85. The predicted octanol–water partition coefficient (Wildman–Crippen LogP) is 2.26. The average molecular weight is 208 g/mol. The van der Waals surface area contributed by atoms with E-state index in [1.54, 1.807) is 4.57 Å². The van der Waals surface area contributed by atoms with Crippen LogP contribution < -0.4 is 5.73 Å². The molecule has 15 heavy (non-hydrogen) atoms. The van der Waals surface area contributed by atoms with Crippen LogP contribution in [0.3, 0.4) is 0 Å². The third-order valence-corrected chi connectivity index (χ3v) is 2.68. The van der Waals surface area contributed by atoms with Crippen LogP contribution in [0.4, 0.5) is 0 Å². The molecule has 84 valence electrons. The smallest absolute Gasteiger partial charge is 0.247 e. The van der Waals surface area contributed by atoms with Crippen molar-refractivity contribution in [1.82, 2.24) is 4.57 Å². The Morgan fingerprint density at radius 3 is 2.40 bits per heavy atom. The topological polar surface area (TPSA) is 48.0 Å². The molecule has 0 saturated heterocycles. The highest BCUT2D eigenvalue weighted by molar-refractivity contribution is 5.85. The Bertz CT molecular complexity index is 322. The normalized spacial score (nSPS) is 12.8. The molecule has 3 heteroatoms. The highest BCUT2D eigenvalue weighted by Crippen LogP contribution is 2.09. The van der Waals surface area contributed by atoms with Gasteiger partial charge in [-0.05, 0) is 32.4 Å². The van der Waals surface area contributed by atoms with Crippen molar-refractivity contribution >= 4 is 5.91 Å². The van der Waals surface area contributed by atoms with E-state index in [9.17, 15) is 4.79 Å². The molecule has 0 aliphatic heterocycles. The molecular formula is C12H20N2O. The number of hydrogen-bond acceptors (Lipinski definition) is 2. The third-order valence-electron chi connectivity index (χ3n) is 2.68. The largest absolute Gasteiger partial charge is 0.320 e. The standard InChI is InChI=1S/C12H20N2O/c1-4-5-6-11(13)12(15)14-9(2)7-8-10(14)3/h7-8,11H,4-6,13H2,1-3H3/t11-/m0/s1. The monoisotopic (exact) mass is 208 g/mol. The fourth-order valence-electron chi connectivity index (χ4n) is 1.73. The van der Waals surface area contributed by atoms with Gasteiger partial charge >= 0.3 is 0 Å². The molecule has 0 aliphatic rings. The summed E-state index contributed by atoms with van der Waals surface area (Å²) in [7, 11) is 0. The molecule has 1 aromatic heterocycles. The minimum atomic E-state index is -0.366. The molecule has 2 N–H and O–H groups in total. The Morgan fingerprint density at radius 2 is 1.93 bits per heavy atom. The van der Waals surface area contributed by atoms with Crippen molar-refractivity contribution in [3.63, 3.8) is 0 Å². The van der Waals surface area contributed by atoms with Crippen molar-refractivity contribution in [2.75, 3.05) is 0 Å². The molecule has 0 fully saturated rings. The molecule has 1 atom stereocenters. The molecule has 0 aromatic carbocycles. The fourth-order valence-corrected chi connectivity index (χ4v) is 1.73. The van der Waals surface area contributed by atoms with Gasteiger partial charge < -0.3 is 5.73 Å². The molecule has 3 nitrogen and oxygen atoms in total. The quantitative estimate of drug-likeness (QED) is 0.825. The molecule has 0 aliphatic carbocycles. The lowest BCUT2D eigenvalue weighted by Gasteiger charge is -2.13. The van der Waals surface area contributed by atoms with Crippen LogP contribution in [-0.4, -0.2) is 16.5 Å². The number of aromatic nitrogens is 1. The van der Waals surface area contributed by atoms with Crippen LogP contribution in [0.1, 0.15) is 42.4 Å². The van der Waals surface area contributed by atoms with Gasteiger partial charge in [-0.2, -0.15) is 0 Å². The predicted molar refractivity (Wildman–Crippen MR) is 62.0 cm³/mol. The van der Waals surface area contributed by atoms with Crippen molar-refractivity contribution < 1.29 is 4.79 Å². The van der Waals surface area contributed by atoms with Crippen LogP contribution in [0.5, 0.6) is 0 Å². The molecule has 0 radical (unpaired) electrons. The number of unbranched alkanes of at least 4 members (excludes halogenated alkanes) is 1. The van der Waals surface area contributed by atoms with E-state index in [1.165, 1.54) is 0 Å². The molecule has 1 heterocycles. The maximum absolute atomic E-state index is 12.0. The highest BCUT2D eigenvalue weighted by atomic mass is 16.2. The van der Waals surface area contributed by atoms with E-state index < -0.39 is 0 Å². The zero-order valence-electron chi connectivity index (χ0n) is 9.79. The van der Waals surface area contributed by atoms with E-state index in [0.717, 1.165) is 30.7 Å². The zero-order chi connectivity index (χ0) is 11.4. The van der Waals surface area contributed by atoms with E-state index in [0.29, 0.717) is 0 Å². The van der Waals surface area contributed by atoms with Crippen LogP contribution in [0, 0.1) is 13.8 Å². The first kappa shape index (κ1) is 12.0. The van der Waals surface area contributed by atoms with Crippen LogP contribution in [0.25, 0.3) is 0 Å². The number of carbonyl (C=O) groups is 1. The second kappa shape index (κ2) is 5.12. The Morgan fingerprint density at radius 1 is 1.40 bits per heavy atom. The molecule has 0 saturated carbocycles. The second-order valence-electron chi connectivity index (χ2n) is 4.04. The number of hydrogen-bond donors (Lipinski definition) is 1. The average Bonchev–Trinajstić information content (AvgIpc) is 2.54. The van der Waals surface area contributed by atoms with Crippen molar-refractivity contribution in [3.8, 4) is 0 Å². The highest BCUT2D eigenvalue weighted by Gasteiger charge is 2.17. The summed E-state index contributed by atoms with van der Waals surface area (Å²) >= 11 is 0. The molecule has 1 aromatic rings. The number of nitrogens with zero attached hydrogens (tertiary/aromatic N) is 1. The summed E-state index contributed by atoms with van der Waals surface area (Å²) in [5, 5.41) is 0. The number of carbonyl (C=O) groups excluding carboxylic acids is 1. The summed E-state index contributed by atoms with van der Waals surface area (Å²) < 4.78 is 1.71. The van der Waals surface area contributed by atoms with Gasteiger partial charge in [0, 0.05) is 11.4 Å². The van der Waals surface area contributed by atoms with Gasteiger partial charge in [-0.1, -0.05) is 19.8 Å². The van der Waals surface area contributed by atoms with E-state index in [4.69, 9.17) is 5.73 Å². The van der Waals surface area contributed by atoms with Gasteiger partial charge in [0.05, 0.1) is 6.04 Å². The van der Waals surface area contributed by atoms with Crippen LogP contribution >= 0.6 is 0 Å². The second-order valence-corrected chi connectivity index (χ2v) is 4.04. The maximum Gasteiger partial charge on any atom is 0.247 e. The first-order chi connectivity index (χ1) is 7.07. The first-order valence-electron chi connectivity index (χ1n) is 5.52. The lowest BCUT2D eigenvalue weighted by atomic mass is 10.1. The van der Waals surface area contributed by atoms with Crippen LogP contribution in [-0.2, 0) is 0 Å². The Hall–Kier alpha value is -1.09. The minimum Gasteiger partial charge on any atom is -0.320 e. The van der Waals surface area contributed by atoms with E-state index >= 15 is 0 Å². The van der Waals surface area contributed by atoms with Crippen molar-refractivity contribution in [3.05, 3.63) is 23.5 Å². The fraction of sp³-hybridized carbons (Fsp3) is 0.583. The van der Waals surface area contributed by atoms with Gasteiger partial charge in [0.15, 0.2) is 0 Å². The number of rotatable bonds is 4. The Kier molecular flexibility index (Phi) is 4.09. The van der Waals surface area contributed by atoms with Gasteiger partial charge in [-0.15, -0.1) is 0 Å². The summed E-state index contributed by atoms with van der Waals surface area (Å²) in [5.41, 5.74) is 7.79. The Balaban J connectivity index is 2.76. The summed E-state index contributed by atoms with van der Waals surface area (Å²) in [5.74, 6) is 0.0171. The number of nitrogens with two attached hydrogens (primary N) is 1. The molecule has 1 rings (SSSR count). The summed E-state index contributed by atoms with van der Waals surface area (Å²) in [4.78, 5) is 12.0. The van der Waals surface area contributed by atoms with Gasteiger partial charge in [0.1, 0.15) is 0 Å². The third kappa shape index (κ3) is 2.69. The van der Waals surface area contributed by atoms with Gasteiger partial charge in [-0.25, -0.2) is 0 Å². The van der Waals surface area contributed by atoms with Crippen LogP contribution in [0.15, 0.2) is 12.1 Å². The van der Waals surface area contributed by atoms with Gasteiger partial charge in [-0.3, -0.25) is 9.36 Å². The molecule has 0 spiro atoms. The van der Waals surface area contributed by atoms with Crippen molar-refractivity contribution in [1.29, 1.82) is 0 Å². The zero-order valence-corrected chi connectivity index (χ0v) is 9.79. The lowest BCUT2D eigenvalue weighted by molar-refractivity contribution is 0.0870. The summed E-state index contributed by atoms with van der Waals surface area (Å²) in [6.45, 7) is 5.96.